The number of fused-ring (bicyclic) bond motifs is 2. The van der Waals surface area contributed by atoms with Gasteiger partial charge in [0.1, 0.15) is 46.5 Å². The fraction of sp³-hybridized carbons (Fsp3) is 0.265. The fourth-order valence-corrected chi connectivity index (χ4v) is 11.3. The van der Waals surface area contributed by atoms with Crippen molar-refractivity contribution < 1.29 is 62.7 Å². The van der Waals surface area contributed by atoms with Crippen LogP contribution in [0.2, 0.25) is 0 Å². The van der Waals surface area contributed by atoms with Crippen molar-refractivity contribution in [3.8, 4) is 33.9 Å². The molecule has 0 radical (unpaired) electrons. The molecule has 0 aliphatic carbocycles. The predicted octanol–water partition coefficient (Wildman–Crippen LogP) is 16.1. The van der Waals surface area contributed by atoms with Crippen molar-refractivity contribution in [1.29, 1.82) is 0 Å². The van der Waals surface area contributed by atoms with Gasteiger partial charge in [-0.2, -0.15) is 0 Å². The lowest BCUT2D eigenvalue weighted by Gasteiger charge is -2.32. The second-order valence-corrected chi connectivity index (χ2v) is 24.3. The van der Waals surface area contributed by atoms with Crippen LogP contribution in [0.15, 0.2) is 134 Å². The van der Waals surface area contributed by atoms with Crippen molar-refractivity contribution in [3.05, 3.63) is 195 Å². The zero-order valence-electron chi connectivity index (χ0n) is 51.5. The molecule has 0 spiro atoms. The van der Waals surface area contributed by atoms with Crippen molar-refractivity contribution in [2.75, 3.05) is 73.0 Å². The quantitative estimate of drug-likeness (QED) is 0.0680. The first kappa shape index (κ1) is 66.9. The van der Waals surface area contributed by atoms with E-state index in [0.717, 1.165) is 82.8 Å². The van der Waals surface area contributed by atoms with Gasteiger partial charge in [0.2, 0.25) is 0 Å². The lowest BCUT2D eigenvalue weighted by Crippen LogP contribution is -2.41. The van der Waals surface area contributed by atoms with Crippen molar-refractivity contribution >= 4 is 91.4 Å². The van der Waals surface area contributed by atoms with Gasteiger partial charge in [-0.25, -0.2) is 63.8 Å². The van der Waals surface area contributed by atoms with Crippen LogP contribution in [-0.4, -0.2) is 101 Å². The van der Waals surface area contributed by atoms with Crippen molar-refractivity contribution in [2.45, 2.75) is 65.6 Å². The number of alkyl halides is 4. The van der Waals surface area contributed by atoms with E-state index in [1.165, 1.54) is 12.3 Å². The van der Waals surface area contributed by atoms with E-state index in [0.29, 0.717) is 84.9 Å². The lowest BCUT2D eigenvalue weighted by atomic mass is 9.78. The molecule has 14 nitrogen and oxygen atoms in total. The third-order valence-corrected chi connectivity index (χ3v) is 17.4. The van der Waals surface area contributed by atoms with Gasteiger partial charge in [-0.15, -0.1) is 0 Å². The van der Waals surface area contributed by atoms with Gasteiger partial charge in [0, 0.05) is 126 Å². The van der Waals surface area contributed by atoms with Crippen LogP contribution in [0.25, 0.3) is 55.7 Å². The standard InChI is InChI=1S/C31H24F5N5O.C24H20F2IN5O.C13H16BF3O2/c1-17-29(24-4-2-3-7-37-24)40-26-14-19(32)13-23(34)28(26)30(17)39-25-15-27(41-8-10-42-11-9-41)38-16-21(25)20-12-18(31(35)36)5-6-22(20)33;1-14-23(18-4-2-3-5-28-18)31-20-11-15(25)10-16(26)22(20)24(14)30-19-12-21(29-13-17(19)27)32-6-8-33-9-7-32;1-12(2)13(3,4)19-14(18-12)9-7-8(11(16)17)5-6-10(9)15/h2-7,12-16,31H,8-11H2,1H3,(H,38,39,40);2-5,10-13H,6-9H2,1H3,(H,29,30,31);5-7,11H,1-4H3. The number of pyridine rings is 6. The molecule has 0 unspecified atom stereocenters. The molecule has 3 aliphatic rings. The molecule has 9 heterocycles. The van der Waals surface area contributed by atoms with Gasteiger partial charge in [0.05, 0.1) is 109 Å². The number of hydrogen-bond acceptors (Lipinski definition) is 14. The van der Waals surface area contributed by atoms with Crippen LogP contribution in [-0.2, 0) is 18.8 Å². The summed E-state index contributed by atoms with van der Waals surface area (Å²) < 4.78 is 163. The summed E-state index contributed by atoms with van der Waals surface area (Å²) in [6.07, 6.45) is 0.950. The molecule has 2 N–H and O–H groups in total. The topological polar surface area (TPSA) is 145 Å². The Morgan fingerprint density at radius 1 is 0.511 bits per heavy atom. The van der Waals surface area contributed by atoms with Crippen LogP contribution in [0.3, 0.4) is 0 Å². The Labute approximate surface area is 548 Å². The summed E-state index contributed by atoms with van der Waals surface area (Å²) in [5.74, 6) is -3.01. The highest BCUT2D eigenvalue weighted by atomic mass is 127. The minimum Gasteiger partial charge on any atom is -0.399 e. The SMILES string of the molecule is CC1(C)OB(c2cc(C(F)F)ccc2F)OC1(C)C.Cc1c(-c2ccccn2)nc2cc(F)cc(F)c2c1Nc1cc(N2CCOCC2)ncc1-c1cc(C(F)F)ccc1F.Cc1c(-c2ccccn2)nc2cc(F)cc(F)c2c1Nc1cc(N2CCOCC2)ncc1I. The summed E-state index contributed by atoms with van der Waals surface area (Å²) in [5.41, 5.74) is 3.54. The van der Waals surface area contributed by atoms with Gasteiger partial charge in [0.15, 0.2) is 0 Å². The minimum absolute atomic E-state index is 0.00562. The third-order valence-electron chi connectivity index (χ3n) is 16.5. The number of nitrogens with one attached hydrogen (secondary N) is 2. The van der Waals surface area contributed by atoms with Gasteiger partial charge in [-0.1, -0.05) is 30.3 Å². The Bertz CT molecular complexity index is 4410. The highest BCUT2D eigenvalue weighted by molar-refractivity contribution is 14.1. The van der Waals surface area contributed by atoms with E-state index in [1.807, 2.05) is 63.8 Å². The first-order valence-electron chi connectivity index (χ1n) is 29.7. The van der Waals surface area contributed by atoms with Crippen LogP contribution < -0.4 is 25.9 Å². The summed E-state index contributed by atoms with van der Waals surface area (Å²) in [4.78, 5) is 31.0. The van der Waals surface area contributed by atoms with Crippen molar-refractivity contribution in [3.63, 3.8) is 0 Å². The summed E-state index contributed by atoms with van der Waals surface area (Å²) in [7, 11) is -0.969. The largest absolute Gasteiger partial charge is 0.497 e. The molecule has 0 amide bonds. The van der Waals surface area contributed by atoms with E-state index < -0.39 is 66.1 Å². The smallest absolute Gasteiger partial charge is 0.399 e. The predicted molar refractivity (Wildman–Crippen MR) is 350 cm³/mol. The summed E-state index contributed by atoms with van der Waals surface area (Å²) in [6.45, 7) is 15.7. The first-order valence-corrected chi connectivity index (χ1v) is 30.8. The Hall–Kier alpha value is -8.57. The maximum absolute atomic E-state index is 15.4. The molecule has 4 aromatic carbocycles. The molecule has 3 fully saturated rings. The Morgan fingerprint density at radius 3 is 1.45 bits per heavy atom. The van der Waals surface area contributed by atoms with Crippen LogP contribution >= 0.6 is 22.6 Å². The van der Waals surface area contributed by atoms with E-state index in [-0.39, 0.29) is 60.9 Å². The fourth-order valence-electron chi connectivity index (χ4n) is 10.8. The number of morpholine rings is 2. The third kappa shape index (κ3) is 14.4. The number of benzene rings is 4. The Balaban J connectivity index is 0.000000154. The average molecular weight is 1410 g/mol. The molecular weight excluding hydrogens is 1350 g/mol. The van der Waals surface area contributed by atoms with Gasteiger partial charge in [-0.05, 0) is 107 Å². The van der Waals surface area contributed by atoms with Crippen LogP contribution in [0.5, 0.6) is 0 Å². The second-order valence-electron chi connectivity index (χ2n) is 23.2. The van der Waals surface area contributed by atoms with E-state index in [1.54, 1.807) is 49.8 Å². The molecule has 94 heavy (non-hydrogen) atoms. The first-order chi connectivity index (χ1) is 44.9. The molecular formula is C68H60BF10IN10O4. The zero-order valence-corrected chi connectivity index (χ0v) is 53.6. The summed E-state index contributed by atoms with van der Waals surface area (Å²) >= 11 is 2.19. The molecule has 3 aliphatic heterocycles. The molecule has 13 rings (SSSR count). The number of nitrogens with zero attached hydrogens (tertiary/aromatic N) is 8. The van der Waals surface area contributed by atoms with E-state index in [2.05, 4.69) is 68.0 Å². The molecule has 0 bridgehead atoms. The van der Waals surface area contributed by atoms with E-state index in [4.69, 9.17) is 18.8 Å². The number of ether oxygens (including phenoxy) is 2. The molecule has 10 aromatic rings. The molecule has 0 saturated carbocycles. The van der Waals surface area contributed by atoms with Gasteiger partial charge in [-0.3, -0.25) is 9.97 Å². The number of aromatic nitrogens is 6. The second kappa shape index (κ2) is 28.2. The molecule has 3 saturated heterocycles. The highest BCUT2D eigenvalue weighted by Gasteiger charge is 2.52. The number of hydrogen-bond donors (Lipinski definition) is 2. The maximum atomic E-state index is 15.4. The molecule has 0 atom stereocenters. The summed E-state index contributed by atoms with van der Waals surface area (Å²) in [6, 6.07) is 24.6. The van der Waals surface area contributed by atoms with Gasteiger partial charge >= 0.3 is 7.12 Å². The minimum atomic E-state index is -2.82. The number of halogens is 11. The highest BCUT2D eigenvalue weighted by Crippen LogP contribution is 2.43. The zero-order chi connectivity index (χ0) is 66.8. The monoisotopic (exact) mass is 1410 g/mol. The van der Waals surface area contributed by atoms with Crippen LogP contribution in [0.1, 0.15) is 62.8 Å². The Morgan fingerprint density at radius 2 is 0.968 bits per heavy atom. The summed E-state index contributed by atoms with van der Waals surface area (Å²) in [5, 5.41) is 6.86. The molecule has 6 aromatic heterocycles. The van der Waals surface area contributed by atoms with Crippen molar-refractivity contribution in [2.24, 2.45) is 0 Å². The number of rotatable bonds is 12. The maximum Gasteiger partial charge on any atom is 0.497 e. The van der Waals surface area contributed by atoms with Crippen molar-refractivity contribution in [1.82, 2.24) is 29.9 Å². The Kier molecular flexibility index (Phi) is 20.0. The van der Waals surface area contributed by atoms with Crippen LogP contribution in [0.4, 0.5) is 78.3 Å². The molecule has 486 valence electrons. The normalized spacial score (nSPS) is 15.3. The van der Waals surface area contributed by atoms with Gasteiger partial charge < -0.3 is 39.2 Å². The van der Waals surface area contributed by atoms with E-state index >= 15 is 13.2 Å². The number of anilines is 6. The lowest BCUT2D eigenvalue weighted by molar-refractivity contribution is 0.00578. The van der Waals surface area contributed by atoms with E-state index in [9.17, 15) is 30.7 Å². The average Bonchev–Trinajstić information content (AvgIpc) is 1.10. The van der Waals surface area contributed by atoms with Crippen LogP contribution in [0, 0.1) is 52.3 Å². The van der Waals surface area contributed by atoms with Gasteiger partial charge in [0.25, 0.3) is 12.9 Å². The molecule has 26 heteroatoms.